The highest BCUT2D eigenvalue weighted by Gasteiger charge is 1.94. The van der Waals surface area contributed by atoms with E-state index < -0.39 is 0 Å². The second kappa shape index (κ2) is 10.3. The third-order valence-corrected chi connectivity index (χ3v) is 1.97. The molecule has 0 N–H and O–H groups in total. The van der Waals surface area contributed by atoms with Crippen LogP contribution in [0.4, 0.5) is 0 Å². The lowest BCUT2D eigenvalue weighted by Crippen LogP contribution is -2.01. The van der Waals surface area contributed by atoms with E-state index in [-0.39, 0.29) is 5.97 Å². The van der Waals surface area contributed by atoms with E-state index in [2.05, 4.69) is 13.8 Å². The Labute approximate surface area is 87.3 Å². The maximum atomic E-state index is 11.0. The predicted molar refractivity (Wildman–Crippen MR) is 59.1 cm³/mol. The summed E-state index contributed by atoms with van der Waals surface area (Å²) in [5.74, 6) is -0.199. The third-order valence-electron chi connectivity index (χ3n) is 1.97. The maximum absolute atomic E-state index is 11.0. The minimum Gasteiger partial charge on any atom is -0.463 e. The number of ether oxygens (including phenoxy) is 1. The fraction of sp³-hybridized carbons (Fsp3) is 0.750. The molecule has 0 atom stereocenters. The van der Waals surface area contributed by atoms with Crippen molar-refractivity contribution in [2.24, 2.45) is 0 Å². The molecule has 0 aliphatic rings. The zero-order valence-electron chi connectivity index (χ0n) is 9.42. The zero-order valence-corrected chi connectivity index (χ0v) is 9.42. The van der Waals surface area contributed by atoms with Gasteiger partial charge in [0.2, 0.25) is 0 Å². The Morgan fingerprint density at radius 2 is 1.86 bits per heavy atom. The Morgan fingerprint density at radius 3 is 2.50 bits per heavy atom. The molecule has 82 valence electrons. The largest absolute Gasteiger partial charge is 0.463 e. The van der Waals surface area contributed by atoms with Crippen molar-refractivity contribution in [2.45, 2.75) is 52.4 Å². The van der Waals surface area contributed by atoms with Crippen molar-refractivity contribution >= 4 is 5.97 Å². The van der Waals surface area contributed by atoms with Gasteiger partial charge in [-0.25, -0.2) is 4.79 Å². The molecule has 0 saturated heterocycles. The number of allylic oxidation sites excluding steroid dienone is 1. The van der Waals surface area contributed by atoms with Gasteiger partial charge in [-0.1, -0.05) is 39.2 Å². The number of esters is 1. The monoisotopic (exact) mass is 198 g/mol. The van der Waals surface area contributed by atoms with Crippen LogP contribution in [0.25, 0.3) is 0 Å². The number of carbonyl (C=O) groups is 1. The molecule has 0 aromatic carbocycles. The molecule has 0 unspecified atom stereocenters. The Bertz CT molecular complexity index is 162. The fourth-order valence-corrected chi connectivity index (χ4v) is 1.06. The first-order valence-electron chi connectivity index (χ1n) is 5.64. The van der Waals surface area contributed by atoms with Gasteiger partial charge >= 0.3 is 5.97 Å². The molecule has 0 spiro atoms. The van der Waals surface area contributed by atoms with Crippen molar-refractivity contribution in [1.29, 1.82) is 0 Å². The van der Waals surface area contributed by atoms with Crippen LogP contribution in [-0.2, 0) is 9.53 Å². The van der Waals surface area contributed by atoms with E-state index in [0.29, 0.717) is 6.61 Å². The van der Waals surface area contributed by atoms with Crippen LogP contribution in [0.5, 0.6) is 0 Å². The number of carbonyl (C=O) groups excluding carboxylic acids is 1. The molecule has 0 saturated carbocycles. The summed E-state index contributed by atoms with van der Waals surface area (Å²) < 4.78 is 4.96. The van der Waals surface area contributed by atoms with E-state index in [9.17, 15) is 4.79 Å². The van der Waals surface area contributed by atoms with Gasteiger partial charge < -0.3 is 4.74 Å². The number of rotatable bonds is 8. The van der Waals surface area contributed by atoms with Gasteiger partial charge in [0.15, 0.2) is 0 Å². The van der Waals surface area contributed by atoms with Crippen LogP contribution in [-0.4, -0.2) is 12.6 Å². The van der Waals surface area contributed by atoms with Crippen molar-refractivity contribution in [3.8, 4) is 0 Å². The SMILES string of the molecule is CCCCC/C=C\C(=O)OCCCC. The molecule has 2 nitrogen and oxygen atoms in total. The van der Waals surface area contributed by atoms with Gasteiger partial charge in [0.05, 0.1) is 6.61 Å². The summed E-state index contributed by atoms with van der Waals surface area (Å²) in [4.78, 5) is 11.0. The van der Waals surface area contributed by atoms with Gasteiger partial charge in [-0.05, 0) is 19.3 Å². The first-order chi connectivity index (χ1) is 6.81. The van der Waals surface area contributed by atoms with Gasteiger partial charge in [0.1, 0.15) is 0 Å². The van der Waals surface area contributed by atoms with Crippen LogP contribution in [0.1, 0.15) is 52.4 Å². The second-order valence-corrected chi connectivity index (χ2v) is 3.42. The minimum atomic E-state index is -0.199. The predicted octanol–water partition coefficient (Wildman–Crippen LogP) is 3.47. The molecule has 0 radical (unpaired) electrons. The smallest absolute Gasteiger partial charge is 0.330 e. The highest BCUT2D eigenvalue weighted by molar-refractivity contribution is 5.81. The molecule has 0 aromatic heterocycles. The summed E-state index contributed by atoms with van der Waals surface area (Å²) in [6, 6.07) is 0. The number of hydrogen-bond acceptors (Lipinski definition) is 2. The molecule has 0 fully saturated rings. The Balaban J connectivity index is 3.32. The minimum absolute atomic E-state index is 0.199. The van der Waals surface area contributed by atoms with E-state index in [0.717, 1.165) is 25.7 Å². The van der Waals surface area contributed by atoms with Crippen molar-refractivity contribution in [3.63, 3.8) is 0 Å². The molecule has 0 aliphatic carbocycles. The summed E-state index contributed by atoms with van der Waals surface area (Å²) in [5.41, 5.74) is 0. The molecular formula is C12H22O2. The van der Waals surface area contributed by atoms with Crippen molar-refractivity contribution in [2.75, 3.05) is 6.61 Å². The molecule has 0 aromatic rings. The fourth-order valence-electron chi connectivity index (χ4n) is 1.06. The quantitative estimate of drug-likeness (QED) is 0.339. The third kappa shape index (κ3) is 9.30. The van der Waals surface area contributed by atoms with Crippen molar-refractivity contribution < 1.29 is 9.53 Å². The van der Waals surface area contributed by atoms with Gasteiger partial charge in [-0.2, -0.15) is 0 Å². The maximum Gasteiger partial charge on any atom is 0.330 e. The van der Waals surface area contributed by atoms with Crippen LogP contribution in [0.2, 0.25) is 0 Å². The standard InChI is InChI=1S/C12H22O2/c1-3-5-7-8-9-10-12(13)14-11-6-4-2/h9-10H,3-8,11H2,1-2H3/b10-9-. The lowest BCUT2D eigenvalue weighted by molar-refractivity contribution is -0.137. The molecule has 0 bridgehead atoms. The van der Waals surface area contributed by atoms with E-state index in [1.165, 1.54) is 12.8 Å². The van der Waals surface area contributed by atoms with Crippen LogP contribution < -0.4 is 0 Å². The topological polar surface area (TPSA) is 26.3 Å². The van der Waals surface area contributed by atoms with E-state index in [1.54, 1.807) is 6.08 Å². The Morgan fingerprint density at radius 1 is 1.14 bits per heavy atom. The number of unbranched alkanes of at least 4 members (excludes halogenated alkanes) is 4. The molecule has 14 heavy (non-hydrogen) atoms. The zero-order chi connectivity index (χ0) is 10.6. The average Bonchev–Trinajstić information content (AvgIpc) is 2.18. The Kier molecular flexibility index (Phi) is 9.71. The molecule has 0 heterocycles. The van der Waals surface area contributed by atoms with Crippen molar-refractivity contribution in [3.05, 3.63) is 12.2 Å². The first-order valence-corrected chi connectivity index (χ1v) is 5.64. The second-order valence-electron chi connectivity index (χ2n) is 3.42. The van der Waals surface area contributed by atoms with Crippen LogP contribution in [0, 0.1) is 0 Å². The van der Waals surface area contributed by atoms with Gasteiger partial charge in [-0.15, -0.1) is 0 Å². The lowest BCUT2D eigenvalue weighted by Gasteiger charge is -1.98. The highest BCUT2D eigenvalue weighted by Crippen LogP contribution is 1.99. The molecule has 0 amide bonds. The Hall–Kier alpha value is -0.790. The van der Waals surface area contributed by atoms with Gasteiger partial charge in [0, 0.05) is 6.08 Å². The normalized spacial score (nSPS) is 10.7. The summed E-state index contributed by atoms with van der Waals surface area (Å²) in [6.07, 6.45) is 10.1. The van der Waals surface area contributed by atoms with Crippen LogP contribution in [0.3, 0.4) is 0 Å². The van der Waals surface area contributed by atoms with Gasteiger partial charge in [0.25, 0.3) is 0 Å². The first kappa shape index (κ1) is 13.2. The molecule has 0 rings (SSSR count). The lowest BCUT2D eigenvalue weighted by atomic mass is 10.2. The van der Waals surface area contributed by atoms with Crippen LogP contribution >= 0.6 is 0 Å². The highest BCUT2D eigenvalue weighted by atomic mass is 16.5. The van der Waals surface area contributed by atoms with E-state index >= 15 is 0 Å². The van der Waals surface area contributed by atoms with Crippen LogP contribution in [0.15, 0.2) is 12.2 Å². The van der Waals surface area contributed by atoms with E-state index in [1.807, 2.05) is 6.08 Å². The summed E-state index contributed by atoms with van der Waals surface area (Å²) in [7, 11) is 0. The number of hydrogen-bond donors (Lipinski definition) is 0. The van der Waals surface area contributed by atoms with Crippen molar-refractivity contribution in [1.82, 2.24) is 0 Å². The van der Waals surface area contributed by atoms with Gasteiger partial charge in [-0.3, -0.25) is 0 Å². The van der Waals surface area contributed by atoms with E-state index in [4.69, 9.17) is 4.74 Å². The summed E-state index contributed by atoms with van der Waals surface area (Å²) in [5, 5.41) is 0. The summed E-state index contributed by atoms with van der Waals surface area (Å²) >= 11 is 0. The molecule has 2 heteroatoms. The average molecular weight is 198 g/mol. The molecular weight excluding hydrogens is 176 g/mol. The summed E-state index contributed by atoms with van der Waals surface area (Å²) in [6.45, 7) is 4.80. The molecule has 0 aliphatic heterocycles.